The molecule has 2 rings (SSSR count). The molecule has 0 radical (unpaired) electrons. The minimum atomic E-state index is -4.37. The van der Waals surface area contributed by atoms with Gasteiger partial charge in [0.2, 0.25) is 0 Å². The zero-order chi connectivity index (χ0) is 15.1. The molecule has 1 N–H and O–H groups in total. The lowest BCUT2D eigenvalue weighted by molar-refractivity contribution is -0.138. The van der Waals surface area contributed by atoms with Crippen LogP contribution in [-0.4, -0.2) is 19.7 Å². The molecule has 21 heavy (non-hydrogen) atoms. The second-order valence-corrected chi connectivity index (χ2v) is 5.55. The molecule has 0 aromatic heterocycles. The van der Waals surface area contributed by atoms with Gasteiger partial charge in [-0.1, -0.05) is 31.4 Å². The Morgan fingerprint density at radius 1 is 1.10 bits per heavy atom. The van der Waals surface area contributed by atoms with Crippen LogP contribution in [-0.2, 0) is 6.18 Å². The van der Waals surface area contributed by atoms with Crippen molar-refractivity contribution >= 4 is 0 Å². The highest BCUT2D eigenvalue weighted by atomic mass is 19.4. The summed E-state index contributed by atoms with van der Waals surface area (Å²) in [5.41, 5.74) is -0.711. The zero-order valence-corrected chi connectivity index (χ0v) is 12.1. The Kier molecular flexibility index (Phi) is 5.91. The summed E-state index contributed by atoms with van der Waals surface area (Å²) in [5.74, 6) is 0.616. The standard InChI is InChI=1S/C16H22F3NO/c17-16(18,19)14-8-4-5-9-15(14)21-11-10-20-12-13-6-2-1-3-7-13/h4-5,8-9,13,20H,1-3,6-7,10-12H2. The fourth-order valence-corrected chi connectivity index (χ4v) is 2.76. The van der Waals surface area contributed by atoms with Crippen LogP contribution in [0.4, 0.5) is 13.2 Å². The van der Waals surface area contributed by atoms with Gasteiger partial charge in [-0.15, -0.1) is 0 Å². The van der Waals surface area contributed by atoms with Crippen molar-refractivity contribution in [3.8, 4) is 5.75 Å². The molecule has 1 aromatic carbocycles. The van der Waals surface area contributed by atoms with Crippen molar-refractivity contribution in [3.05, 3.63) is 29.8 Å². The van der Waals surface area contributed by atoms with Crippen LogP contribution < -0.4 is 10.1 Å². The number of hydrogen-bond donors (Lipinski definition) is 1. The molecule has 1 aliphatic rings. The number of ether oxygens (including phenoxy) is 1. The Hall–Kier alpha value is -1.23. The Morgan fingerprint density at radius 2 is 1.81 bits per heavy atom. The lowest BCUT2D eigenvalue weighted by atomic mass is 9.89. The molecule has 0 atom stereocenters. The summed E-state index contributed by atoms with van der Waals surface area (Å²) in [5, 5.41) is 3.28. The average molecular weight is 301 g/mol. The van der Waals surface area contributed by atoms with Gasteiger partial charge in [-0.25, -0.2) is 0 Å². The highest BCUT2D eigenvalue weighted by Gasteiger charge is 2.33. The van der Waals surface area contributed by atoms with Gasteiger partial charge >= 0.3 is 6.18 Å². The van der Waals surface area contributed by atoms with Crippen LogP contribution in [0.25, 0.3) is 0 Å². The van der Waals surface area contributed by atoms with Crippen LogP contribution in [0.3, 0.4) is 0 Å². The number of rotatable bonds is 6. The molecule has 0 heterocycles. The summed E-state index contributed by atoms with van der Waals surface area (Å²) in [6.45, 7) is 1.76. The summed E-state index contributed by atoms with van der Waals surface area (Å²) in [4.78, 5) is 0. The van der Waals surface area contributed by atoms with Gasteiger partial charge in [-0.3, -0.25) is 0 Å². The molecule has 0 spiro atoms. The molecule has 5 heteroatoms. The SMILES string of the molecule is FC(F)(F)c1ccccc1OCCNCC1CCCCC1. The van der Waals surface area contributed by atoms with E-state index in [1.807, 2.05) is 0 Å². The third kappa shape index (κ3) is 5.23. The molecule has 0 aliphatic heterocycles. The zero-order valence-electron chi connectivity index (χ0n) is 12.1. The van der Waals surface area contributed by atoms with Crippen molar-refractivity contribution < 1.29 is 17.9 Å². The van der Waals surface area contributed by atoms with Crippen molar-refractivity contribution in [1.29, 1.82) is 0 Å². The van der Waals surface area contributed by atoms with E-state index in [0.29, 0.717) is 12.5 Å². The van der Waals surface area contributed by atoms with Crippen LogP contribution in [0.15, 0.2) is 24.3 Å². The number of alkyl halides is 3. The predicted octanol–water partition coefficient (Wildman–Crippen LogP) is 4.25. The highest BCUT2D eigenvalue weighted by molar-refractivity contribution is 5.35. The van der Waals surface area contributed by atoms with Gasteiger partial charge in [0.25, 0.3) is 0 Å². The van der Waals surface area contributed by atoms with Crippen LogP contribution in [0.2, 0.25) is 0 Å². The first-order chi connectivity index (χ1) is 10.1. The van der Waals surface area contributed by atoms with Crippen LogP contribution in [0.5, 0.6) is 5.75 Å². The summed E-state index contributed by atoms with van der Waals surface area (Å²) >= 11 is 0. The molecule has 1 aromatic rings. The Bertz CT molecular complexity index is 428. The van der Waals surface area contributed by atoms with E-state index in [0.717, 1.165) is 12.6 Å². The van der Waals surface area contributed by atoms with Gasteiger partial charge in [0.05, 0.1) is 5.56 Å². The molecular weight excluding hydrogens is 279 g/mol. The molecule has 1 aliphatic carbocycles. The molecule has 1 saturated carbocycles. The normalized spacial score (nSPS) is 16.9. The highest BCUT2D eigenvalue weighted by Crippen LogP contribution is 2.35. The number of para-hydroxylation sites is 1. The van der Waals surface area contributed by atoms with Gasteiger partial charge in [-0.05, 0) is 37.4 Å². The van der Waals surface area contributed by atoms with Crippen molar-refractivity contribution in [2.75, 3.05) is 19.7 Å². The summed E-state index contributed by atoms with van der Waals surface area (Å²) in [6.07, 6.45) is 2.05. The van der Waals surface area contributed by atoms with Crippen LogP contribution in [0, 0.1) is 5.92 Å². The Labute approximate surface area is 123 Å². The quantitative estimate of drug-likeness (QED) is 0.793. The monoisotopic (exact) mass is 301 g/mol. The minimum absolute atomic E-state index is 0.0931. The maximum atomic E-state index is 12.8. The van der Waals surface area contributed by atoms with Crippen molar-refractivity contribution in [3.63, 3.8) is 0 Å². The van der Waals surface area contributed by atoms with E-state index in [1.165, 1.54) is 44.2 Å². The number of hydrogen-bond acceptors (Lipinski definition) is 2. The molecule has 2 nitrogen and oxygen atoms in total. The topological polar surface area (TPSA) is 21.3 Å². The van der Waals surface area contributed by atoms with Crippen LogP contribution in [0.1, 0.15) is 37.7 Å². The maximum absolute atomic E-state index is 12.8. The Balaban J connectivity index is 1.71. The molecule has 0 unspecified atom stereocenters. The third-order valence-electron chi connectivity index (χ3n) is 3.89. The molecule has 0 bridgehead atoms. The minimum Gasteiger partial charge on any atom is -0.492 e. The van der Waals surface area contributed by atoms with E-state index in [4.69, 9.17) is 4.74 Å². The molecular formula is C16H22F3NO. The van der Waals surface area contributed by atoms with Crippen molar-refractivity contribution in [1.82, 2.24) is 5.32 Å². The molecule has 0 saturated heterocycles. The summed E-state index contributed by atoms with van der Waals surface area (Å²) in [6, 6.07) is 5.34. The second-order valence-electron chi connectivity index (χ2n) is 5.55. The largest absolute Gasteiger partial charge is 0.492 e. The van der Waals surface area contributed by atoms with E-state index in [-0.39, 0.29) is 12.4 Å². The first-order valence-corrected chi connectivity index (χ1v) is 7.57. The number of nitrogens with one attached hydrogen (secondary N) is 1. The van der Waals surface area contributed by atoms with Gasteiger partial charge in [0.15, 0.2) is 0 Å². The molecule has 1 fully saturated rings. The predicted molar refractivity (Wildman–Crippen MR) is 76.4 cm³/mol. The summed E-state index contributed by atoms with van der Waals surface area (Å²) < 4.78 is 43.6. The first-order valence-electron chi connectivity index (χ1n) is 7.57. The van der Waals surface area contributed by atoms with Crippen molar-refractivity contribution in [2.45, 2.75) is 38.3 Å². The third-order valence-corrected chi connectivity index (χ3v) is 3.89. The van der Waals surface area contributed by atoms with E-state index >= 15 is 0 Å². The van der Waals surface area contributed by atoms with Gasteiger partial charge in [-0.2, -0.15) is 13.2 Å². The van der Waals surface area contributed by atoms with E-state index in [2.05, 4.69) is 5.32 Å². The number of halogens is 3. The van der Waals surface area contributed by atoms with E-state index in [9.17, 15) is 13.2 Å². The summed E-state index contributed by atoms with van der Waals surface area (Å²) in [7, 11) is 0. The fraction of sp³-hybridized carbons (Fsp3) is 0.625. The first kappa shape index (κ1) is 16.1. The maximum Gasteiger partial charge on any atom is 0.419 e. The lowest BCUT2D eigenvalue weighted by Gasteiger charge is -2.21. The average Bonchev–Trinajstić information content (AvgIpc) is 2.47. The van der Waals surface area contributed by atoms with E-state index in [1.54, 1.807) is 6.07 Å². The molecule has 0 amide bonds. The number of benzene rings is 1. The van der Waals surface area contributed by atoms with Gasteiger partial charge in [0, 0.05) is 6.54 Å². The van der Waals surface area contributed by atoms with Gasteiger partial charge < -0.3 is 10.1 Å². The molecule has 118 valence electrons. The van der Waals surface area contributed by atoms with Gasteiger partial charge in [0.1, 0.15) is 12.4 Å². The van der Waals surface area contributed by atoms with Crippen LogP contribution >= 0.6 is 0 Å². The fourth-order valence-electron chi connectivity index (χ4n) is 2.76. The van der Waals surface area contributed by atoms with Crippen molar-refractivity contribution in [2.24, 2.45) is 5.92 Å². The lowest BCUT2D eigenvalue weighted by Crippen LogP contribution is -2.28. The van der Waals surface area contributed by atoms with E-state index < -0.39 is 11.7 Å². The smallest absolute Gasteiger partial charge is 0.419 e. The second kappa shape index (κ2) is 7.69. The Morgan fingerprint density at radius 3 is 2.52 bits per heavy atom.